The highest BCUT2D eigenvalue weighted by molar-refractivity contribution is 5.81. The first kappa shape index (κ1) is 20.6. The van der Waals surface area contributed by atoms with Crippen molar-refractivity contribution in [1.82, 2.24) is 4.90 Å². The van der Waals surface area contributed by atoms with Gasteiger partial charge in [0.2, 0.25) is 0 Å². The van der Waals surface area contributed by atoms with Crippen LogP contribution in [0.4, 0.5) is 10.1 Å². The number of piperazine rings is 1. The third-order valence-corrected chi connectivity index (χ3v) is 4.78. The molecule has 1 saturated heterocycles. The van der Waals surface area contributed by atoms with Crippen LogP contribution in [0, 0.1) is 12.7 Å². The molecule has 3 rings (SSSR count). The highest BCUT2D eigenvalue weighted by Gasteiger charge is 2.22. The van der Waals surface area contributed by atoms with E-state index in [1.165, 1.54) is 12.1 Å². The molecule has 0 radical (unpaired) electrons. The fourth-order valence-electron chi connectivity index (χ4n) is 3.06. The van der Waals surface area contributed by atoms with Gasteiger partial charge in [0.25, 0.3) is 5.91 Å². The summed E-state index contributed by atoms with van der Waals surface area (Å²) in [5.74, 6) is -0.251. The van der Waals surface area contributed by atoms with E-state index in [9.17, 15) is 14.0 Å². The minimum atomic E-state index is -0.463. The second kappa shape index (κ2) is 9.91. The third kappa shape index (κ3) is 6.20. The van der Waals surface area contributed by atoms with Crippen molar-refractivity contribution in [2.45, 2.75) is 13.3 Å². The summed E-state index contributed by atoms with van der Waals surface area (Å²) >= 11 is 0. The SMILES string of the molecule is Cc1ccc(OCCC(=O)OCC(=O)N2CCN(c3ccc(F)cc3)CC2)cc1. The van der Waals surface area contributed by atoms with Crippen LogP contribution in [0.15, 0.2) is 48.5 Å². The number of hydrogen-bond donors (Lipinski definition) is 0. The summed E-state index contributed by atoms with van der Waals surface area (Å²) in [4.78, 5) is 27.9. The van der Waals surface area contributed by atoms with Gasteiger partial charge < -0.3 is 19.3 Å². The van der Waals surface area contributed by atoms with Crippen molar-refractivity contribution in [3.05, 3.63) is 59.9 Å². The Labute approximate surface area is 169 Å². The lowest BCUT2D eigenvalue weighted by Gasteiger charge is -2.36. The number of hydrogen-bond acceptors (Lipinski definition) is 5. The van der Waals surface area contributed by atoms with E-state index in [-0.39, 0.29) is 31.4 Å². The molecule has 6 nitrogen and oxygen atoms in total. The van der Waals surface area contributed by atoms with Gasteiger partial charge in [0, 0.05) is 31.9 Å². The van der Waals surface area contributed by atoms with Crippen LogP contribution in [0.1, 0.15) is 12.0 Å². The van der Waals surface area contributed by atoms with Crippen molar-refractivity contribution < 1.29 is 23.5 Å². The number of esters is 1. The molecule has 2 aromatic carbocycles. The van der Waals surface area contributed by atoms with E-state index < -0.39 is 5.97 Å². The lowest BCUT2D eigenvalue weighted by molar-refractivity contribution is -0.152. The maximum absolute atomic E-state index is 13.0. The molecule has 0 aliphatic carbocycles. The van der Waals surface area contributed by atoms with Crippen molar-refractivity contribution in [1.29, 1.82) is 0 Å². The van der Waals surface area contributed by atoms with E-state index in [0.717, 1.165) is 11.3 Å². The Morgan fingerprint density at radius 2 is 1.62 bits per heavy atom. The molecule has 0 saturated carbocycles. The molecule has 2 aromatic rings. The van der Waals surface area contributed by atoms with Gasteiger partial charge in [-0.3, -0.25) is 9.59 Å². The van der Waals surface area contributed by atoms with Crippen molar-refractivity contribution in [3.63, 3.8) is 0 Å². The highest BCUT2D eigenvalue weighted by Crippen LogP contribution is 2.17. The molecule has 0 unspecified atom stereocenters. The average molecular weight is 400 g/mol. The van der Waals surface area contributed by atoms with Gasteiger partial charge in [0.1, 0.15) is 11.6 Å². The molecule has 7 heteroatoms. The molecule has 1 aliphatic rings. The smallest absolute Gasteiger partial charge is 0.309 e. The standard InChI is InChI=1S/C22H25FN2O4/c1-17-2-8-20(9-3-17)28-15-10-22(27)29-16-21(26)25-13-11-24(12-14-25)19-6-4-18(23)5-7-19/h2-9H,10-16H2,1H3. The Kier molecular flexibility index (Phi) is 7.05. The van der Waals surface area contributed by atoms with Gasteiger partial charge in [-0.1, -0.05) is 17.7 Å². The van der Waals surface area contributed by atoms with Crippen molar-refractivity contribution in [2.75, 3.05) is 44.3 Å². The minimum Gasteiger partial charge on any atom is -0.493 e. The molecule has 1 fully saturated rings. The van der Waals surface area contributed by atoms with E-state index in [2.05, 4.69) is 4.90 Å². The topological polar surface area (TPSA) is 59.1 Å². The molecule has 29 heavy (non-hydrogen) atoms. The maximum Gasteiger partial charge on any atom is 0.309 e. The number of ether oxygens (including phenoxy) is 2. The van der Waals surface area contributed by atoms with E-state index in [4.69, 9.17) is 9.47 Å². The predicted octanol–water partition coefficient (Wildman–Crippen LogP) is 2.80. The zero-order chi connectivity index (χ0) is 20.6. The van der Waals surface area contributed by atoms with Gasteiger partial charge in [0.05, 0.1) is 13.0 Å². The second-order valence-corrected chi connectivity index (χ2v) is 6.92. The summed E-state index contributed by atoms with van der Waals surface area (Å²) in [6, 6.07) is 13.9. The Morgan fingerprint density at radius 1 is 0.966 bits per heavy atom. The number of anilines is 1. The largest absolute Gasteiger partial charge is 0.493 e. The number of carbonyl (C=O) groups excluding carboxylic acids is 2. The van der Waals surface area contributed by atoms with E-state index in [0.29, 0.717) is 31.9 Å². The van der Waals surface area contributed by atoms with Crippen LogP contribution in [0.3, 0.4) is 0 Å². The molecule has 0 bridgehead atoms. The van der Waals surface area contributed by atoms with Crippen molar-refractivity contribution in [2.24, 2.45) is 0 Å². The summed E-state index contributed by atoms with van der Waals surface area (Å²) in [6.45, 7) is 4.28. The molecule has 0 aromatic heterocycles. The Bertz CT molecular complexity index is 816. The summed E-state index contributed by atoms with van der Waals surface area (Å²) < 4.78 is 23.6. The van der Waals surface area contributed by atoms with Crippen LogP contribution >= 0.6 is 0 Å². The zero-order valence-corrected chi connectivity index (χ0v) is 16.5. The zero-order valence-electron chi connectivity index (χ0n) is 16.5. The molecule has 1 heterocycles. The minimum absolute atomic E-state index is 0.0828. The maximum atomic E-state index is 13.0. The molecule has 154 valence electrons. The average Bonchev–Trinajstić information content (AvgIpc) is 2.74. The molecule has 0 N–H and O–H groups in total. The first-order valence-corrected chi connectivity index (χ1v) is 9.64. The van der Waals surface area contributed by atoms with Crippen LogP contribution < -0.4 is 9.64 Å². The Morgan fingerprint density at radius 3 is 2.28 bits per heavy atom. The van der Waals surface area contributed by atoms with Gasteiger partial charge in [-0.25, -0.2) is 4.39 Å². The number of nitrogens with zero attached hydrogens (tertiary/aromatic N) is 2. The fraction of sp³-hybridized carbons (Fsp3) is 0.364. The highest BCUT2D eigenvalue weighted by atomic mass is 19.1. The number of amides is 1. The molecular formula is C22H25FN2O4. The molecule has 0 atom stereocenters. The van der Waals surface area contributed by atoms with Crippen molar-refractivity contribution in [3.8, 4) is 5.75 Å². The van der Waals surface area contributed by atoms with Gasteiger partial charge in [0.15, 0.2) is 6.61 Å². The normalized spacial score (nSPS) is 13.9. The number of carbonyl (C=O) groups is 2. The summed E-state index contributed by atoms with van der Waals surface area (Å²) in [7, 11) is 0. The first-order valence-electron chi connectivity index (χ1n) is 9.64. The summed E-state index contributed by atoms with van der Waals surface area (Å²) in [5, 5.41) is 0. The monoisotopic (exact) mass is 400 g/mol. The van der Waals surface area contributed by atoms with Crippen LogP contribution in [-0.4, -0.2) is 56.2 Å². The number of rotatable bonds is 7. The van der Waals surface area contributed by atoms with Crippen LogP contribution in [0.2, 0.25) is 0 Å². The van der Waals surface area contributed by atoms with Crippen LogP contribution in [0.5, 0.6) is 5.75 Å². The number of benzene rings is 2. The van der Waals surface area contributed by atoms with Gasteiger partial charge in [-0.2, -0.15) is 0 Å². The molecule has 0 spiro atoms. The lowest BCUT2D eigenvalue weighted by atomic mass is 10.2. The number of halogens is 1. The van der Waals surface area contributed by atoms with E-state index in [1.54, 1.807) is 17.0 Å². The van der Waals surface area contributed by atoms with Gasteiger partial charge in [-0.15, -0.1) is 0 Å². The van der Waals surface area contributed by atoms with Crippen molar-refractivity contribution >= 4 is 17.6 Å². The fourth-order valence-corrected chi connectivity index (χ4v) is 3.06. The predicted molar refractivity (Wildman–Crippen MR) is 107 cm³/mol. The molecule has 1 amide bonds. The summed E-state index contributed by atoms with van der Waals surface area (Å²) in [5.41, 5.74) is 2.06. The quantitative estimate of drug-likeness (QED) is 0.669. The molecule has 1 aliphatic heterocycles. The molecular weight excluding hydrogens is 375 g/mol. The Balaban J connectivity index is 1.33. The van der Waals surface area contributed by atoms with Gasteiger partial charge in [-0.05, 0) is 43.3 Å². The number of aryl methyl sites for hydroxylation is 1. The first-order chi connectivity index (χ1) is 14.0. The second-order valence-electron chi connectivity index (χ2n) is 6.92. The van der Waals surface area contributed by atoms with Crippen LogP contribution in [0.25, 0.3) is 0 Å². The third-order valence-electron chi connectivity index (χ3n) is 4.78. The summed E-state index contributed by atoms with van der Waals surface area (Å²) in [6.07, 6.45) is 0.0828. The Hall–Kier alpha value is -3.09. The lowest BCUT2D eigenvalue weighted by Crippen LogP contribution is -2.49. The van der Waals surface area contributed by atoms with Crippen LogP contribution in [-0.2, 0) is 14.3 Å². The van der Waals surface area contributed by atoms with E-state index in [1.807, 2.05) is 31.2 Å². The van der Waals surface area contributed by atoms with E-state index >= 15 is 0 Å². The van der Waals surface area contributed by atoms with Gasteiger partial charge >= 0.3 is 5.97 Å².